The third-order valence-corrected chi connectivity index (χ3v) is 3.06. The van der Waals surface area contributed by atoms with Gasteiger partial charge in [-0.3, -0.25) is 4.98 Å². The van der Waals surface area contributed by atoms with E-state index in [1.807, 2.05) is 19.2 Å². The Morgan fingerprint density at radius 1 is 1.37 bits per heavy atom. The molecule has 1 heterocycles. The monoisotopic (exact) mass is 260 g/mol. The highest BCUT2D eigenvalue weighted by atomic mass is 19.1. The van der Waals surface area contributed by atoms with E-state index in [9.17, 15) is 4.39 Å². The first-order valence-electron chi connectivity index (χ1n) is 6.14. The third kappa shape index (κ3) is 3.09. The topological polar surface area (TPSA) is 34.2 Å². The van der Waals surface area contributed by atoms with Gasteiger partial charge >= 0.3 is 0 Å². The van der Waals surface area contributed by atoms with Gasteiger partial charge in [0.1, 0.15) is 11.6 Å². The summed E-state index contributed by atoms with van der Waals surface area (Å²) in [6.45, 7) is 0.686. The van der Waals surface area contributed by atoms with E-state index in [1.54, 1.807) is 25.6 Å². The summed E-state index contributed by atoms with van der Waals surface area (Å²) in [5.41, 5.74) is 1.85. The predicted octanol–water partition coefficient (Wildman–Crippen LogP) is 2.58. The lowest BCUT2D eigenvalue weighted by molar-refractivity contribution is 0.405. The van der Waals surface area contributed by atoms with Gasteiger partial charge in [-0.2, -0.15) is 0 Å². The Bertz CT molecular complexity index is 531. The summed E-state index contributed by atoms with van der Waals surface area (Å²) < 4.78 is 18.8. The highest BCUT2D eigenvalue weighted by molar-refractivity contribution is 5.42. The van der Waals surface area contributed by atoms with E-state index in [-0.39, 0.29) is 11.7 Å². The molecular weight excluding hydrogens is 243 g/mol. The van der Waals surface area contributed by atoms with Gasteiger partial charge in [0.15, 0.2) is 0 Å². The van der Waals surface area contributed by atoms with Gasteiger partial charge in [-0.05, 0) is 36.9 Å². The highest BCUT2D eigenvalue weighted by Gasteiger charge is 2.18. The van der Waals surface area contributed by atoms with Crippen molar-refractivity contribution in [1.29, 1.82) is 0 Å². The molecule has 1 aromatic carbocycles. The zero-order chi connectivity index (χ0) is 13.7. The molecule has 1 atom stereocenters. The first-order chi connectivity index (χ1) is 9.26. The van der Waals surface area contributed by atoms with Crippen LogP contribution in [0.5, 0.6) is 5.75 Å². The minimum absolute atomic E-state index is 0.00403. The van der Waals surface area contributed by atoms with Gasteiger partial charge in [0.2, 0.25) is 0 Å². The number of nitrogens with zero attached hydrogens (tertiary/aromatic N) is 1. The van der Waals surface area contributed by atoms with Gasteiger partial charge in [0, 0.05) is 30.4 Å². The predicted molar refractivity (Wildman–Crippen MR) is 73.0 cm³/mol. The molecule has 2 rings (SSSR count). The number of methoxy groups -OCH3 is 1. The molecular formula is C15H17FN2O. The summed E-state index contributed by atoms with van der Waals surface area (Å²) in [5.74, 6) is 0.427. The Kier molecular flexibility index (Phi) is 4.47. The third-order valence-electron chi connectivity index (χ3n) is 3.06. The second-order valence-electron chi connectivity index (χ2n) is 4.28. The maximum absolute atomic E-state index is 13.5. The SMILES string of the molecule is CNCC(c1cccnc1)c1cc(F)ccc1OC. The minimum Gasteiger partial charge on any atom is -0.496 e. The number of aromatic nitrogens is 1. The van der Waals surface area contributed by atoms with E-state index in [2.05, 4.69) is 10.3 Å². The van der Waals surface area contributed by atoms with Crippen LogP contribution in [0.1, 0.15) is 17.0 Å². The maximum Gasteiger partial charge on any atom is 0.123 e. The quantitative estimate of drug-likeness (QED) is 0.897. The smallest absolute Gasteiger partial charge is 0.123 e. The second-order valence-corrected chi connectivity index (χ2v) is 4.28. The lowest BCUT2D eigenvalue weighted by Crippen LogP contribution is -2.19. The Morgan fingerprint density at radius 2 is 2.21 bits per heavy atom. The lowest BCUT2D eigenvalue weighted by Gasteiger charge is -2.20. The molecule has 2 aromatic rings. The minimum atomic E-state index is -0.263. The van der Waals surface area contributed by atoms with Gasteiger partial charge < -0.3 is 10.1 Å². The molecule has 0 fully saturated rings. The number of ether oxygens (including phenoxy) is 1. The fourth-order valence-electron chi connectivity index (χ4n) is 2.17. The first-order valence-corrected chi connectivity index (χ1v) is 6.14. The molecule has 19 heavy (non-hydrogen) atoms. The van der Waals surface area contributed by atoms with Crippen LogP contribution < -0.4 is 10.1 Å². The summed E-state index contributed by atoms with van der Waals surface area (Å²) in [6, 6.07) is 8.45. The molecule has 0 aliphatic heterocycles. The average Bonchev–Trinajstić information content (AvgIpc) is 2.45. The molecule has 1 aromatic heterocycles. The number of hydrogen-bond acceptors (Lipinski definition) is 3. The lowest BCUT2D eigenvalue weighted by atomic mass is 9.91. The molecule has 100 valence electrons. The number of halogens is 1. The van der Waals surface area contributed by atoms with Crippen molar-refractivity contribution in [1.82, 2.24) is 10.3 Å². The molecule has 0 amide bonds. The van der Waals surface area contributed by atoms with Crippen LogP contribution in [0.4, 0.5) is 4.39 Å². The molecule has 0 radical (unpaired) electrons. The summed E-state index contributed by atoms with van der Waals surface area (Å²) in [7, 11) is 3.46. The number of rotatable bonds is 5. The van der Waals surface area contributed by atoms with Crippen LogP contribution in [-0.2, 0) is 0 Å². The summed E-state index contributed by atoms with van der Waals surface area (Å²) in [5, 5.41) is 3.13. The summed E-state index contributed by atoms with van der Waals surface area (Å²) in [6.07, 6.45) is 3.52. The van der Waals surface area contributed by atoms with Crippen LogP contribution in [0.2, 0.25) is 0 Å². The number of nitrogens with one attached hydrogen (secondary N) is 1. The van der Waals surface area contributed by atoms with Gasteiger partial charge in [-0.15, -0.1) is 0 Å². The largest absolute Gasteiger partial charge is 0.496 e. The van der Waals surface area contributed by atoms with Gasteiger partial charge in [0.25, 0.3) is 0 Å². The molecule has 0 saturated carbocycles. The highest BCUT2D eigenvalue weighted by Crippen LogP contribution is 2.31. The van der Waals surface area contributed by atoms with Crippen molar-refractivity contribution < 1.29 is 9.13 Å². The van der Waals surface area contributed by atoms with Crippen LogP contribution in [0.3, 0.4) is 0 Å². The standard InChI is InChI=1S/C15H17FN2O/c1-17-10-14(11-4-3-7-18-9-11)13-8-12(16)5-6-15(13)19-2/h3-9,14,17H,10H2,1-2H3. The zero-order valence-electron chi connectivity index (χ0n) is 11.1. The summed E-state index contributed by atoms with van der Waals surface area (Å²) in [4.78, 5) is 4.13. The van der Waals surface area contributed by atoms with E-state index < -0.39 is 0 Å². The van der Waals surface area contributed by atoms with Crippen LogP contribution in [0, 0.1) is 5.82 Å². The van der Waals surface area contributed by atoms with E-state index in [0.29, 0.717) is 12.3 Å². The van der Waals surface area contributed by atoms with E-state index in [4.69, 9.17) is 4.74 Å². The van der Waals surface area contributed by atoms with Crippen LogP contribution in [-0.4, -0.2) is 25.7 Å². The van der Waals surface area contributed by atoms with Crippen molar-refractivity contribution in [2.24, 2.45) is 0 Å². The molecule has 0 bridgehead atoms. The van der Waals surface area contributed by atoms with Crippen molar-refractivity contribution in [3.05, 3.63) is 59.7 Å². The number of benzene rings is 1. The molecule has 0 aliphatic rings. The Hall–Kier alpha value is -1.94. The zero-order valence-corrected chi connectivity index (χ0v) is 11.1. The van der Waals surface area contributed by atoms with Crippen LogP contribution in [0.15, 0.2) is 42.7 Å². The van der Waals surface area contributed by atoms with Crippen molar-refractivity contribution >= 4 is 0 Å². The molecule has 0 saturated heterocycles. The van der Waals surface area contributed by atoms with E-state index in [0.717, 1.165) is 11.1 Å². The number of hydrogen-bond donors (Lipinski definition) is 1. The van der Waals surface area contributed by atoms with Crippen LogP contribution >= 0.6 is 0 Å². The van der Waals surface area contributed by atoms with E-state index in [1.165, 1.54) is 12.1 Å². The van der Waals surface area contributed by atoms with Crippen molar-refractivity contribution in [2.75, 3.05) is 20.7 Å². The fraction of sp³-hybridized carbons (Fsp3) is 0.267. The second kappa shape index (κ2) is 6.29. The summed E-state index contributed by atoms with van der Waals surface area (Å²) >= 11 is 0. The molecule has 1 unspecified atom stereocenters. The van der Waals surface area contributed by atoms with Gasteiger partial charge in [-0.1, -0.05) is 6.07 Å². The van der Waals surface area contributed by atoms with Crippen molar-refractivity contribution in [3.8, 4) is 5.75 Å². The Labute approximate surface area is 112 Å². The van der Waals surface area contributed by atoms with Gasteiger partial charge in [0.05, 0.1) is 7.11 Å². The van der Waals surface area contributed by atoms with E-state index >= 15 is 0 Å². The number of pyridine rings is 1. The average molecular weight is 260 g/mol. The Morgan fingerprint density at radius 3 is 2.84 bits per heavy atom. The van der Waals surface area contributed by atoms with Crippen LogP contribution in [0.25, 0.3) is 0 Å². The maximum atomic E-state index is 13.5. The molecule has 1 N–H and O–H groups in total. The molecule has 4 heteroatoms. The van der Waals surface area contributed by atoms with Crippen molar-refractivity contribution in [2.45, 2.75) is 5.92 Å². The first kappa shape index (κ1) is 13.5. The fourth-order valence-corrected chi connectivity index (χ4v) is 2.17. The molecule has 0 spiro atoms. The van der Waals surface area contributed by atoms with Gasteiger partial charge in [-0.25, -0.2) is 4.39 Å². The van der Waals surface area contributed by atoms with Crippen molar-refractivity contribution in [3.63, 3.8) is 0 Å². The number of likely N-dealkylation sites (N-methyl/N-ethyl adjacent to an activating group) is 1. The molecule has 3 nitrogen and oxygen atoms in total. The Balaban J connectivity index is 2.47. The normalized spacial score (nSPS) is 12.2. The molecule has 0 aliphatic carbocycles.